The number of anilines is 1. The first kappa shape index (κ1) is 15.4. The fourth-order valence-electron chi connectivity index (χ4n) is 1.85. The number of carbonyl (C=O) groups excluding carboxylic acids is 2. The standard InChI is InChI=1S/C15H20FN3O2/c1-10(15(21)18-13-7-8-13)19(2)9-14(20)17-12-5-3-11(16)4-6-12/h3-6,10,13H,7-9H2,1-2H3,(H,17,20)(H,18,21)/t10-/m0/s1. The second kappa shape index (κ2) is 6.67. The van der Waals surface area contributed by atoms with Crippen molar-refractivity contribution < 1.29 is 14.0 Å². The zero-order valence-corrected chi connectivity index (χ0v) is 12.2. The Kier molecular flexibility index (Phi) is 4.90. The van der Waals surface area contributed by atoms with E-state index in [-0.39, 0.29) is 30.2 Å². The van der Waals surface area contributed by atoms with Crippen LogP contribution in [0.3, 0.4) is 0 Å². The normalized spacial score (nSPS) is 15.6. The van der Waals surface area contributed by atoms with E-state index in [0.29, 0.717) is 11.7 Å². The molecule has 1 aromatic rings. The van der Waals surface area contributed by atoms with E-state index in [1.54, 1.807) is 18.9 Å². The average molecular weight is 293 g/mol. The van der Waals surface area contributed by atoms with Crippen LogP contribution in [0.4, 0.5) is 10.1 Å². The number of carbonyl (C=O) groups is 2. The first-order valence-corrected chi connectivity index (χ1v) is 7.01. The zero-order valence-electron chi connectivity index (χ0n) is 12.2. The summed E-state index contributed by atoms with van der Waals surface area (Å²) in [7, 11) is 1.72. The highest BCUT2D eigenvalue weighted by molar-refractivity contribution is 5.92. The fourth-order valence-corrected chi connectivity index (χ4v) is 1.85. The van der Waals surface area contributed by atoms with Gasteiger partial charge in [-0.2, -0.15) is 0 Å². The molecule has 0 spiro atoms. The van der Waals surface area contributed by atoms with Gasteiger partial charge in [-0.25, -0.2) is 4.39 Å². The molecule has 0 unspecified atom stereocenters. The SMILES string of the molecule is C[C@@H](C(=O)NC1CC1)N(C)CC(=O)Nc1ccc(F)cc1. The molecule has 21 heavy (non-hydrogen) atoms. The van der Waals surface area contributed by atoms with Gasteiger partial charge < -0.3 is 10.6 Å². The largest absolute Gasteiger partial charge is 0.352 e. The van der Waals surface area contributed by atoms with Crippen LogP contribution >= 0.6 is 0 Å². The van der Waals surface area contributed by atoms with E-state index >= 15 is 0 Å². The maximum atomic E-state index is 12.8. The number of likely N-dealkylation sites (N-methyl/N-ethyl adjacent to an activating group) is 1. The van der Waals surface area contributed by atoms with Gasteiger partial charge in [-0.3, -0.25) is 14.5 Å². The molecule has 0 heterocycles. The summed E-state index contributed by atoms with van der Waals surface area (Å²) in [6.45, 7) is 1.86. The topological polar surface area (TPSA) is 61.4 Å². The van der Waals surface area contributed by atoms with Crippen molar-refractivity contribution in [3.8, 4) is 0 Å². The Bertz CT molecular complexity index is 514. The first-order valence-electron chi connectivity index (χ1n) is 7.01. The molecule has 5 nitrogen and oxygen atoms in total. The lowest BCUT2D eigenvalue weighted by molar-refractivity contribution is -0.126. The Labute approximate surface area is 123 Å². The Morgan fingerprint density at radius 1 is 1.33 bits per heavy atom. The molecule has 114 valence electrons. The maximum Gasteiger partial charge on any atom is 0.238 e. The summed E-state index contributed by atoms with van der Waals surface area (Å²) < 4.78 is 12.8. The molecule has 2 N–H and O–H groups in total. The molecule has 1 aromatic carbocycles. The Balaban J connectivity index is 1.80. The average Bonchev–Trinajstić information content (AvgIpc) is 3.24. The number of benzene rings is 1. The summed E-state index contributed by atoms with van der Waals surface area (Å²) in [4.78, 5) is 25.5. The number of halogens is 1. The molecule has 2 amide bonds. The molecular weight excluding hydrogens is 273 g/mol. The van der Waals surface area contributed by atoms with Crippen LogP contribution in [-0.4, -0.2) is 42.4 Å². The van der Waals surface area contributed by atoms with E-state index in [2.05, 4.69) is 10.6 Å². The molecule has 0 saturated heterocycles. The second-order valence-electron chi connectivity index (χ2n) is 5.43. The van der Waals surface area contributed by atoms with Crippen molar-refractivity contribution in [1.82, 2.24) is 10.2 Å². The molecule has 1 saturated carbocycles. The molecule has 1 aliphatic carbocycles. The van der Waals surface area contributed by atoms with Gasteiger partial charge in [-0.05, 0) is 51.1 Å². The molecule has 0 aliphatic heterocycles. The van der Waals surface area contributed by atoms with Crippen LogP contribution in [0.5, 0.6) is 0 Å². The highest BCUT2D eigenvalue weighted by atomic mass is 19.1. The lowest BCUT2D eigenvalue weighted by Gasteiger charge is -2.23. The van der Waals surface area contributed by atoms with Crippen LogP contribution in [0, 0.1) is 5.82 Å². The third kappa shape index (κ3) is 4.82. The predicted octanol–water partition coefficient (Wildman–Crippen LogP) is 1.36. The van der Waals surface area contributed by atoms with E-state index in [9.17, 15) is 14.0 Å². The minimum Gasteiger partial charge on any atom is -0.352 e. The maximum absolute atomic E-state index is 12.8. The van der Waals surface area contributed by atoms with Gasteiger partial charge in [0.2, 0.25) is 11.8 Å². The van der Waals surface area contributed by atoms with E-state index in [4.69, 9.17) is 0 Å². The molecule has 1 fully saturated rings. The summed E-state index contributed by atoms with van der Waals surface area (Å²) >= 11 is 0. The van der Waals surface area contributed by atoms with Gasteiger partial charge in [0.05, 0.1) is 12.6 Å². The number of nitrogens with one attached hydrogen (secondary N) is 2. The molecule has 1 atom stereocenters. The molecule has 6 heteroatoms. The molecule has 0 radical (unpaired) electrons. The Morgan fingerprint density at radius 3 is 2.52 bits per heavy atom. The van der Waals surface area contributed by atoms with Crippen molar-refractivity contribution in [1.29, 1.82) is 0 Å². The van der Waals surface area contributed by atoms with Crippen LogP contribution < -0.4 is 10.6 Å². The molecule has 0 aromatic heterocycles. The van der Waals surface area contributed by atoms with Gasteiger partial charge in [-0.1, -0.05) is 0 Å². The van der Waals surface area contributed by atoms with Gasteiger partial charge >= 0.3 is 0 Å². The third-order valence-electron chi connectivity index (χ3n) is 3.49. The fraction of sp³-hybridized carbons (Fsp3) is 0.467. The van der Waals surface area contributed by atoms with Crippen molar-refractivity contribution in [2.24, 2.45) is 0 Å². The van der Waals surface area contributed by atoms with Gasteiger partial charge in [0.25, 0.3) is 0 Å². The van der Waals surface area contributed by atoms with Crippen LogP contribution in [0.2, 0.25) is 0 Å². The molecular formula is C15H20FN3O2. The minimum absolute atomic E-state index is 0.0606. The zero-order chi connectivity index (χ0) is 15.4. The quantitative estimate of drug-likeness (QED) is 0.832. The predicted molar refractivity (Wildman–Crippen MR) is 78.3 cm³/mol. The van der Waals surface area contributed by atoms with Crippen molar-refractivity contribution in [2.75, 3.05) is 18.9 Å². The molecule has 1 aliphatic rings. The van der Waals surface area contributed by atoms with E-state index < -0.39 is 0 Å². The Morgan fingerprint density at radius 2 is 1.95 bits per heavy atom. The van der Waals surface area contributed by atoms with E-state index in [1.165, 1.54) is 24.3 Å². The highest BCUT2D eigenvalue weighted by Crippen LogP contribution is 2.19. The minimum atomic E-state index is -0.371. The van der Waals surface area contributed by atoms with Crippen molar-refractivity contribution in [2.45, 2.75) is 31.8 Å². The number of amides is 2. The number of hydrogen-bond acceptors (Lipinski definition) is 3. The van der Waals surface area contributed by atoms with Crippen LogP contribution in [0.1, 0.15) is 19.8 Å². The van der Waals surface area contributed by atoms with Gasteiger partial charge in [-0.15, -0.1) is 0 Å². The number of hydrogen-bond donors (Lipinski definition) is 2. The lowest BCUT2D eigenvalue weighted by Crippen LogP contribution is -2.46. The highest BCUT2D eigenvalue weighted by Gasteiger charge is 2.27. The van der Waals surface area contributed by atoms with E-state index in [0.717, 1.165) is 12.8 Å². The summed E-state index contributed by atoms with van der Waals surface area (Å²) in [6, 6.07) is 5.49. The lowest BCUT2D eigenvalue weighted by atomic mass is 10.2. The van der Waals surface area contributed by atoms with Crippen LogP contribution in [-0.2, 0) is 9.59 Å². The summed E-state index contributed by atoms with van der Waals surface area (Å²) in [5.74, 6) is -0.653. The molecule has 0 bridgehead atoms. The van der Waals surface area contributed by atoms with Crippen molar-refractivity contribution in [3.05, 3.63) is 30.1 Å². The van der Waals surface area contributed by atoms with Crippen molar-refractivity contribution in [3.63, 3.8) is 0 Å². The molecule has 2 rings (SSSR count). The van der Waals surface area contributed by atoms with Gasteiger partial charge in [0.15, 0.2) is 0 Å². The second-order valence-corrected chi connectivity index (χ2v) is 5.43. The first-order chi connectivity index (χ1) is 9.95. The number of nitrogens with zero attached hydrogens (tertiary/aromatic N) is 1. The Hall–Kier alpha value is -1.95. The summed E-state index contributed by atoms with van der Waals surface area (Å²) in [5.41, 5.74) is 0.532. The number of rotatable bonds is 6. The monoisotopic (exact) mass is 293 g/mol. The summed E-state index contributed by atoms with van der Waals surface area (Å²) in [5, 5.41) is 5.58. The smallest absolute Gasteiger partial charge is 0.238 e. The third-order valence-corrected chi connectivity index (χ3v) is 3.49. The van der Waals surface area contributed by atoms with E-state index in [1.807, 2.05) is 0 Å². The van der Waals surface area contributed by atoms with Gasteiger partial charge in [0, 0.05) is 11.7 Å². The van der Waals surface area contributed by atoms with Gasteiger partial charge in [0.1, 0.15) is 5.82 Å². The van der Waals surface area contributed by atoms with Crippen molar-refractivity contribution >= 4 is 17.5 Å². The van der Waals surface area contributed by atoms with Crippen LogP contribution in [0.25, 0.3) is 0 Å². The van der Waals surface area contributed by atoms with Crippen LogP contribution in [0.15, 0.2) is 24.3 Å². The summed E-state index contributed by atoms with van der Waals surface area (Å²) in [6.07, 6.45) is 2.07.